The van der Waals surface area contributed by atoms with Gasteiger partial charge >= 0.3 is 5.70 Å². The quantitative estimate of drug-likeness (QED) is 0.503. The van der Waals surface area contributed by atoms with Gasteiger partial charge in [-0.25, -0.2) is 10.1 Å². The molecule has 3 heterocycles. The summed E-state index contributed by atoms with van der Waals surface area (Å²) in [4.78, 5) is 13.2. The molecule has 4 rings (SSSR count). The monoisotopic (exact) mass is 418 g/mol. The van der Waals surface area contributed by atoms with E-state index in [1.807, 2.05) is 0 Å². The molecule has 31 heavy (non-hydrogen) atoms. The number of allylic oxidation sites excluding steroid dienone is 1. The third-order valence-corrected chi connectivity index (χ3v) is 6.92. The first kappa shape index (κ1) is 21.7. The summed E-state index contributed by atoms with van der Waals surface area (Å²) in [6, 6.07) is 10.9. The fourth-order valence-corrected chi connectivity index (χ4v) is 5.19. The van der Waals surface area contributed by atoms with Gasteiger partial charge in [0.15, 0.2) is 0 Å². The Morgan fingerprint density at radius 2 is 1.61 bits per heavy atom. The fourth-order valence-electron chi connectivity index (χ4n) is 5.19. The third kappa shape index (κ3) is 5.39. The van der Waals surface area contributed by atoms with Crippen LogP contribution in [0, 0.1) is 17.9 Å². The lowest BCUT2D eigenvalue weighted by Crippen LogP contribution is -2.37. The van der Waals surface area contributed by atoms with E-state index in [2.05, 4.69) is 54.8 Å². The zero-order chi connectivity index (χ0) is 21.5. The summed E-state index contributed by atoms with van der Waals surface area (Å²) in [5.74, 6) is 0.874. The number of rotatable bonds is 7. The van der Waals surface area contributed by atoms with Crippen molar-refractivity contribution in [3.05, 3.63) is 58.3 Å². The van der Waals surface area contributed by atoms with Crippen LogP contribution in [-0.2, 0) is 13.0 Å². The molecule has 0 amide bonds. The maximum Gasteiger partial charge on any atom is 0.300 e. The van der Waals surface area contributed by atoms with E-state index in [4.69, 9.17) is 6.57 Å². The normalized spacial score (nSPS) is 21.5. The summed E-state index contributed by atoms with van der Waals surface area (Å²) >= 11 is 0. The molecular weight excluding hydrogens is 384 g/mol. The van der Waals surface area contributed by atoms with Gasteiger partial charge in [0.05, 0.1) is 12.6 Å². The van der Waals surface area contributed by atoms with Crippen molar-refractivity contribution in [1.82, 2.24) is 19.6 Å². The SMILES string of the molecule is [C-]#[N+]/C(C#N)=C1/N(CCCN2CCc3ccccc3C2)CCN1CCN1CCCCC1. The lowest BCUT2D eigenvalue weighted by molar-refractivity contribution is 0.200. The molecule has 0 aliphatic carbocycles. The lowest BCUT2D eigenvalue weighted by Gasteiger charge is -2.31. The summed E-state index contributed by atoms with van der Waals surface area (Å²) in [7, 11) is 0. The molecule has 0 N–H and O–H groups in total. The fraction of sp³-hybridized carbons (Fsp3) is 0.600. The lowest BCUT2D eigenvalue weighted by atomic mass is 10.00. The van der Waals surface area contributed by atoms with E-state index in [1.165, 1.54) is 43.5 Å². The number of likely N-dealkylation sites (tertiary alicyclic amines) is 1. The Hall–Kier alpha value is -2.54. The van der Waals surface area contributed by atoms with Crippen molar-refractivity contribution in [2.24, 2.45) is 0 Å². The molecule has 0 saturated carbocycles. The second-order valence-electron chi connectivity index (χ2n) is 8.92. The Bertz CT molecular complexity index is 841. The Kier molecular flexibility index (Phi) is 7.46. The van der Waals surface area contributed by atoms with Crippen molar-refractivity contribution in [3.8, 4) is 6.07 Å². The molecule has 0 atom stereocenters. The minimum absolute atomic E-state index is 0.253. The molecule has 6 heteroatoms. The van der Waals surface area contributed by atoms with Crippen molar-refractivity contribution in [2.75, 3.05) is 58.9 Å². The Balaban J connectivity index is 1.31. The first-order valence-corrected chi connectivity index (χ1v) is 11.8. The van der Waals surface area contributed by atoms with Crippen molar-refractivity contribution in [2.45, 2.75) is 38.6 Å². The molecule has 2 saturated heterocycles. The predicted octanol–water partition coefficient (Wildman–Crippen LogP) is 3.15. The van der Waals surface area contributed by atoms with Crippen LogP contribution in [0.1, 0.15) is 36.8 Å². The summed E-state index contributed by atoms with van der Waals surface area (Å²) in [5.41, 5.74) is 3.20. The predicted molar refractivity (Wildman–Crippen MR) is 123 cm³/mol. The third-order valence-electron chi connectivity index (χ3n) is 6.92. The summed E-state index contributed by atoms with van der Waals surface area (Å²) < 4.78 is 0. The molecule has 2 fully saturated rings. The van der Waals surface area contributed by atoms with Crippen LogP contribution in [0.2, 0.25) is 0 Å². The van der Waals surface area contributed by atoms with Gasteiger partial charge in [-0.05, 0) is 49.9 Å². The Morgan fingerprint density at radius 1 is 0.871 bits per heavy atom. The second-order valence-corrected chi connectivity index (χ2v) is 8.92. The van der Waals surface area contributed by atoms with Crippen LogP contribution < -0.4 is 0 Å². The molecule has 0 unspecified atom stereocenters. The molecule has 6 nitrogen and oxygen atoms in total. The van der Waals surface area contributed by atoms with E-state index >= 15 is 0 Å². The van der Waals surface area contributed by atoms with Gasteiger partial charge < -0.3 is 14.7 Å². The maximum atomic E-state index is 9.57. The smallest absolute Gasteiger partial charge is 0.300 e. The minimum atomic E-state index is 0.253. The van der Waals surface area contributed by atoms with Gasteiger partial charge in [-0.1, -0.05) is 30.7 Å². The standard InChI is InChI=1S/C25H34N6/c1-27-24(20-26)25-30(18-19-31(25)17-16-28-11-5-2-6-12-28)14-7-13-29-15-10-22-8-3-4-9-23(22)21-29/h3-4,8-9H,2,5-7,10-19,21H2/b25-24-. The van der Waals surface area contributed by atoms with Gasteiger partial charge in [-0.2, -0.15) is 0 Å². The zero-order valence-corrected chi connectivity index (χ0v) is 18.6. The van der Waals surface area contributed by atoms with Crippen LogP contribution in [0.25, 0.3) is 4.85 Å². The highest BCUT2D eigenvalue weighted by Crippen LogP contribution is 2.24. The van der Waals surface area contributed by atoms with Crippen molar-refractivity contribution >= 4 is 0 Å². The van der Waals surface area contributed by atoms with Gasteiger partial charge in [0.2, 0.25) is 0 Å². The average Bonchev–Trinajstić information content (AvgIpc) is 3.22. The van der Waals surface area contributed by atoms with E-state index in [1.54, 1.807) is 0 Å². The molecular formula is C25H34N6. The summed E-state index contributed by atoms with van der Waals surface area (Å²) in [6.07, 6.45) is 6.12. The number of hydrogen-bond acceptors (Lipinski definition) is 5. The summed E-state index contributed by atoms with van der Waals surface area (Å²) in [5, 5.41) is 9.57. The molecule has 3 aliphatic heterocycles. The average molecular weight is 419 g/mol. The molecule has 0 radical (unpaired) electrons. The molecule has 1 aromatic carbocycles. The highest BCUT2D eigenvalue weighted by molar-refractivity contribution is 5.33. The van der Waals surface area contributed by atoms with E-state index in [0.717, 1.165) is 71.0 Å². The second kappa shape index (κ2) is 10.7. The highest BCUT2D eigenvalue weighted by Gasteiger charge is 2.28. The van der Waals surface area contributed by atoms with Gasteiger partial charge in [0.1, 0.15) is 5.82 Å². The van der Waals surface area contributed by atoms with Gasteiger partial charge in [-0.3, -0.25) is 4.90 Å². The number of fused-ring (bicyclic) bond motifs is 1. The van der Waals surface area contributed by atoms with E-state index in [9.17, 15) is 5.26 Å². The number of hydrogen-bond donors (Lipinski definition) is 0. The van der Waals surface area contributed by atoms with Crippen LogP contribution >= 0.6 is 0 Å². The van der Waals surface area contributed by atoms with Gasteiger partial charge in [0.25, 0.3) is 0 Å². The largest absolute Gasteiger partial charge is 0.365 e. The highest BCUT2D eigenvalue weighted by atomic mass is 15.4. The number of nitrogens with zero attached hydrogens (tertiary/aromatic N) is 6. The topological polar surface area (TPSA) is 41.1 Å². The van der Waals surface area contributed by atoms with Gasteiger partial charge in [0, 0.05) is 52.4 Å². The van der Waals surface area contributed by atoms with Crippen LogP contribution in [0.3, 0.4) is 0 Å². The van der Waals surface area contributed by atoms with E-state index in [0.29, 0.717) is 0 Å². The first-order chi connectivity index (χ1) is 15.3. The summed E-state index contributed by atoms with van der Waals surface area (Å²) in [6.45, 7) is 17.8. The zero-order valence-electron chi connectivity index (χ0n) is 18.6. The Labute approximate surface area is 187 Å². The number of piperidine rings is 1. The minimum Gasteiger partial charge on any atom is -0.365 e. The Morgan fingerprint density at radius 3 is 2.35 bits per heavy atom. The molecule has 1 aromatic rings. The molecule has 0 spiro atoms. The first-order valence-electron chi connectivity index (χ1n) is 11.8. The molecule has 3 aliphatic rings. The maximum absolute atomic E-state index is 9.57. The molecule has 0 aromatic heterocycles. The van der Waals surface area contributed by atoms with Gasteiger partial charge in [-0.15, -0.1) is 0 Å². The van der Waals surface area contributed by atoms with Crippen molar-refractivity contribution in [3.63, 3.8) is 0 Å². The van der Waals surface area contributed by atoms with E-state index in [-0.39, 0.29) is 5.70 Å². The van der Waals surface area contributed by atoms with Crippen LogP contribution in [-0.4, -0.2) is 78.5 Å². The van der Waals surface area contributed by atoms with E-state index < -0.39 is 0 Å². The number of benzene rings is 1. The molecule has 0 bridgehead atoms. The van der Waals surface area contributed by atoms with Crippen molar-refractivity contribution < 1.29 is 0 Å². The van der Waals surface area contributed by atoms with Crippen LogP contribution in [0.5, 0.6) is 0 Å². The van der Waals surface area contributed by atoms with Crippen LogP contribution in [0.4, 0.5) is 0 Å². The van der Waals surface area contributed by atoms with Crippen LogP contribution in [0.15, 0.2) is 35.8 Å². The van der Waals surface area contributed by atoms with Crippen molar-refractivity contribution in [1.29, 1.82) is 5.26 Å². The number of nitriles is 1. The molecule has 164 valence electrons.